The molecule has 1 aromatic carbocycles. The van der Waals surface area contributed by atoms with E-state index < -0.39 is 0 Å². The van der Waals surface area contributed by atoms with E-state index in [0.29, 0.717) is 22.3 Å². The van der Waals surface area contributed by atoms with Crippen molar-refractivity contribution < 1.29 is 4.79 Å². The van der Waals surface area contributed by atoms with Gasteiger partial charge in [-0.1, -0.05) is 25.4 Å². The molecule has 0 aromatic heterocycles. The first-order valence-electron chi connectivity index (χ1n) is 5.87. The predicted octanol–water partition coefficient (Wildman–Crippen LogP) is 3.64. The molecule has 1 rings (SSSR count). The van der Waals surface area contributed by atoms with Crippen molar-refractivity contribution in [2.45, 2.75) is 26.0 Å². The van der Waals surface area contributed by atoms with Crippen LogP contribution in [0.4, 0.5) is 11.4 Å². The Hall–Kier alpha value is -0.870. The average molecular weight is 287 g/mol. The van der Waals surface area contributed by atoms with Gasteiger partial charge in [-0.3, -0.25) is 4.79 Å². The topological polar surface area (TPSA) is 55.1 Å². The standard InChI is InChI=1S/C13H19ClN2OS/c1-8(2)7-18-9(3)13(17)16-12-6-10(14)4-5-11(12)15/h4-6,8-9H,7,15H2,1-3H3,(H,16,17). The van der Waals surface area contributed by atoms with Gasteiger partial charge in [0.25, 0.3) is 0 Å². The number of carbonyl (C=O) groups excluding carboxylic acids is 1. The maximum absolute atomic E-state index is 12.0. The molecule has 1 atom stereocenters. The molecule has 0 fully saturated rings. The second-order valence-corrected chi connectivity index (χ2v) is 6.40. The van der Waals surface area contributed by atoms with E-state index in [4.69, 9.17) is 17.3 Å². The highest BCUT2D eigenvalue weighted by Gasteiger charge is 2.15. The summed E-state index contributed by atoms with van der Waals surface area (Å²) < 4.78 is 0. The highest BCUT2D eigenvalue weighted by Crippen LogP contribution is 2.24. The summed E-state index contributed by atoms with van der Waals surface area (Å²) in [5.74, 6) is 1.48. The lowest BCUT2D eigenvalue weighted by molar-refractivity contribution is -0.115. The normalized spacial score (nSPS) is 12.5. The summed E-state index contributed by atoms with van der Waals surface area (Å²) in [5.41, 5.74) is 6.88. The summed E-state index contributed by atoms with van der Waals surface area (Å²) in [7, 11) is 0. The molecule has 18 heavy (non-hydrogen) atoms. The SMILES string of the molecule is CC(C)CSC(C)C(=O)Nc1cc(Cl)ccc1N. The summed E-state index contributed by atoms with van der Waals surface area (Å²) in [4.78, 5) is 12.0. The minimum atomic E-state index is -0.106. The molecule has 1 aromatic rings. The maximum Gasteiger partial charge on any atom is 0.237 e. The van der Waals surface area contributed by atoms with Crippen molar-refractivity contribution in [2.24, 2.45) is 5.92 Å². The second-order valence-electron chi connectivity index (χ2n) is 4.59. The molecule has 1 amide bonds. The maximum atomic E-state index is 12.0. The summed E-state index contributed by atoms with van der Waals surface area (Å²) in [5, 5.41) is 3.26. The zero-order chi connectivity index (χ0) is 13.7. The number of nitrogen functional groups attached to an aromatic ring is 1. The van der Waals surface area contributed by atoms with Gasteiger partial charge in [0.2, 0.25) is 5.91 Å². The Morgan fingerprint density at radius 3 is 2.72 bits per heavy atom. The van der Waals surface area contributed by atoms with E-state index in [2.05, 4.69) is 19.2 Å². The zero-order valence-electron chi connectivity index (χ0n) is 10.9. The summed E-state index contributed by atoms with van der Waals surface area (Å²) in [6.45, 7) is 6.16. The number of thioether (sulfide) groups is 1. The van der Waals surface area contributed by atoms with E-state index in [9.17, 15) is 4.79 Å². The Morgan fingerprint density at radius 1 is 1.44 bits per heavy atom. The van der Waals surface area contributed by atoms with Gasteiger partial charge < -0.3 is 11.1 Å². The molecule has 0 aliphatic heterocycles. The van der Waals surface area contributed by atoms with Crippen LogP contribution in [0.25, 0.3) is 0 Å². The Morgan fingerprint density at radius 2 is 2.11 bits per heavy atom. The molecule has 0 heterocycles. The van der Waals surface area contributed by atoms with Crippen molar-refractivity contribution in [3.8, 4) is 0 Å². The number of hydrogen-bond donors (Lipinski definition) is 2. The van der Waals surface area contributed by atoms with Gasteiger partial charge in [0.05, 0.1) is 16.6 Å². The van der Waals surface area contributed by atoms with Gasteiger partial charge in [0.1, 0.15) is 0 Å². The fourth-order valence-electron chi connectivity index (χ4n) is 1.28. The van der Waals surface area contributed by atoms with Crippen molar-refractivity contribution in [2.75, 3.05) is 16.8 Å². The number of nitrogens with one attached hydrogen (secondary N) is 1. The summed E-state index contributed by atoms with van der Waals surface area (Å²) in [6, 6.07) is 5.04. The van der Waals surface area contributed by atoms with Gasteiger partial charge >= 0.3 is 0 Å². The third-order valence-electron chi connectivity index (χ3n) is 2.32. The third-order valence-corrected chi connectivity index (χ3v) is 4.13. The van der Waals surface area contributed by atoms with E-state index in [1.54, 1.807) is 30.0 Å². The first kappa shape index (κ1) is 15.2. The van der Waals surface area contributed by atoms with Crippen LogP contribution in [-0.4, -0.2) is 16.9 Å². The van der Waals surface area contributed by atoms with Gasteiger partial charge in [-0.05, 0) is 36.8 Å². The molecule has 1 unspecified atom stereocenters. The van der Waals surface area contributed by atoms with Gasteiger partial charge in [-0.15, -0.1) is 11.8 Å². The molecule has 0 radical (unpaired) electrons. The van der Waals surface area contributed by atoms with Gasteiger partial charge in [-0.25, -0.2) is 0 Å². The number of nitrogens with two attached hydrogens (primary N) is 1. The van der Waals surface area contributed by atoms with Crippen LogP contribution < -0.4 is 11.1 Å². The lowest BCUT2D eigenvalue weighted by Gasteiger charge is -2.14. The number of benzene rings is 1. The fraction of sp³-hybridized carbons (Fsp3) is 0.462. The van der Waals surface area contributed by atoms with Crippen molar-refractivity contribution >= 4 is 40.6 Å². The largest absolute Gasteiger partial charge is 0.397 e. The number of halogens is 1. The van der Waals surface area contributed by atoms with Crippen molar-refractivity contribution in [1.82, 2.24) is 0 Å². The molecule has 3 N–H and O–H groups in total. The number of amides is 1. The zero-order valence-corrected chi connectivity index (χ0v) is 12.4. The van der Waals surface area contributed by atoms with Gasteiger partial charge in [-0.2, -0.15) is 0 Å². The van der Waals surface area contributed by atoms with Gasteiger partial charge in [0, 0.05) is 5.02 Å². The molecule has 0 aliphatic carbocycles. The van der Waals surface area contributed by atoms with Crippen molar-refractivity contribution in [3.63, 3.8) is 0 Å². The second kappa shape index (κ2) is 6.90. The van der Waals surface area contributed by atoms with Crippen LogP contribution in [0.2, 0.25) is 5.02 Å². The Labute approximate surface area is 117 Å². The first-order valence-corrected chi connectivity index (χ1v) is 7.30. The molecule has 5 heteroatoms. The number of rotatable bonds is 5. The molecule has 0 spiro atoms. The van der Waals surface area contributed by atoms with Crippen molar-refractivity contribution in [3.05, 3.63) is 23.2 Å². The highest BCUT2D eigenvalue weighted by atomic mass is 35.5. The number of carbonyl (C=O) groups is 1. The molecule has 100 valence electrons. The van der Waals surface area contributed by atoms with Crippen LogP contribution in [0.1, 0.15) is 20.8 Å². The molecule has 0 saturated heterocycles. The Kier molecular flexibility index (Phi) is 5.82. The monoisotopic (exact) mass is 286 g/mol. The van der Waals surface area contributed by atoms with Crippen LogP contribution in [0.5, 0.6) is 0 Å². The molecular formula is C13H19ClN2OS. The predicted molar refractivity (Wildman–Crippen MR) is 81.3 cm³/mol. The van der Waals surface area contributed by atoms with E-state index in [-0.39, 0.29) is 11.2 Å². The minimum Gasteiger partial charge on any atom is -0.397 e. The molecule has 3 nitrogen and oxygen atoms in total. The average Bonchev–Trinajstić information content (AvgIpc) is 2.30. The fourth-order valence-corrected chi connectivity index (χ4v) is 2.34. The van der Waals surface area contributed by atoms with Crippen LogP contribution in [0.3, 0.4) is 0 Å². The molecule has 0 aliphatic rings. The number of anilines is 2. The summed E-state index contributed by atoms with van der Waals surface area (Å²) >= 11 is 7.51. The van der Waals surface area contributed by atoms with Crippen LogP contribution >= 0.6 is 23.4 Å². The van der Waals surface area contributed by atoms with E-state index >= 15 is 0 Å². The Balaban J connectivity index is 2.61. The lowest BCUT2D eigenvalue weighted by Crippen LogP contribution is -2.23. The van der Waals surface area contributed by atoms with E-state index in [1.807, 2.05) is 6.92 Å². The lowest BCUT2D eigenvalue weighted by atomic mass is 10.2. The quantitative estimate of drug-likeness (QED) is 0.813. The van der Waals surface area contributed by atoms with Crippen LogP contribution in [-0.2, 0) is 4.79 Å². The van der Waals surface area contributed by atoms with E-state index in [1.165, 1.54) is 0 Å². The Bertz CT molecular complexity index is 423. The smallest absolute Gasteiger partial charge is 0.237 e. The first-order chi connectivity index (χ1) is 8.40. The molecule has 0 bridgehead atoms. The van der Waals surface area contributed by atoms with Gasteiger partial charge in [0.15, 0.2) is 0 Å². The minimum absolute atomic E-state index is 0.0467. The third kappa shape index (κ3) is 4.78. The van der Waals surface area contributed by atoms with Crippen LogP contribution in [0, 0.1) is 5.92 Å². The number of hydrogen-bond acceptors (Lipinski definition) is 3. The summed E-state index contributed by atoms with van der Waals surface area (Å²) in [6.07, 6.45) is 0. The van der Waals surface area contributed by atoms with Crippen LogP contribution in [0.15, 0.2) is 18.2 Å². The molecular weight excluding hydrogens is 268 g/mol. The van der Waals surface area contributed by atoms with E-state index in [0.717, 1.165) is 5.75 Å². The highest BCUT2D eigenvalue weighted by molar-refractivity contribution is 8.00. The van der Waals surface area contributed by atoms with Crippen molar-refractivity contribution in [1.29, 1.82) is 0 Å². The molecule has 0 saturated carbocycles.